The second-order valence-corrected chi connectivity index (χ2v) is 8.98. The van der Waals surface area contributed by atoms with Crippen LogP contribution in [-0.2, 0) is 23.8 Å². The number of rotatable bonds is 5. The summed E-state index contributed by atoms with van der Waals surface area (Å²) in [7, 11) is -4.05. The van der Waals surface area contributed by atoms with Crippen LogP contribution in [0.2, 0.25) is 0 Å². The minimum atomic E-state index is -4.05. The molecule has 2 rings (SSSR count). The molecule has 0 aromatic heterocycles. The Kier molecular flexibility index (Phi) is 6.24. The summed E-state index contributed by atoms with van der Waals surface area (Å²) in [6, 6.07) is 6.37. The molecule has 0 spiro atoms. The quantitative estimate of drug-likeness (QED) is 0.634. The molecule has 1 unspecified atom stereocenters. The molecule has 1 fully saturated rings. The van der Waals surface area contributed by atoms with Gasteiger partial charge in [-0.3, -0.25) is 4.18 Å². The highest BCUT2D eigenvalue weighted by Crippen LogP contribution is 2.26. The molecule has 0 bridgehead atoms. The highest BCUT2D eigenvalue weighted by molar-refractivity contribution is 7.86. The van der Waals surface area contributed by atoms with E-state index in [0.29, 0.717) is 12.8 Å². The van der Waals surface area contributed by atoms with E-state index in [-0.39, 0.29) is 10.8 Å². The molecule has 25 heavy (non-hydrogen) atoms. The van der Waals surface area contributed by atoms with E-state index in [4.69, 9.17) is 8.92 Å². The van der Waals surface area contributed by atoms with Gasteiger partial charge in [-0.05, 0) is 71.7 Å². The average Bonchev–Trinajstić information content (AvgIpc) is 2.52. The molecule has 1 aliphatic heterocycles. The van der Waals surface area contributed by atoms with Crippen molar-refractivity contribution in [1.29, 1.82) is 0 Å². The molecule has 1 N–H and O–H groups in total. The van der Waals surface area contributed by atoms with Crippen molar-refractivity contribution in [3.05, 3.63) is 29.8 Å². The van der Waals surface area contributed by atoms with Crippen molar-refractivity contribution in [1.82, 2.24) is 5.32 Å². The van der Waals surface area contributed by atoms with Crippen LogP contribution in [0, 0.1) is 12.8 Å². The fourth-order valence-electron chi connectivity index (χ4n) is 2.71. The van der Waals surface area contributed by atoms with E-state index in [1.54, 1.807) is 32.9 Å². The third-order valence-electron chi connectivity index (χ3n) is 3.99. The fraction of sp³-hybridized carbons (Fsp3) is 0.611. The summed E-state index contributed by atoms with van der Waals surface area (Å²) in [6.07, 6.45) is 0.188. The molecule has 0 radical (unpaired) electrons. The first-order valence-corrected chi connectivity index (χ1v) is 9.93. The van der Waals surface area contributed by atoms with Gasteiger partial charge in [-0.2, -0.15) is 8.42 Å². The Morgan fingerprint density at radius 1 is 1.16 bits per heavy atom. The number of nitrogens with one attached hydrogen (secondary N) is 1. The van der Waals surface area contributed by atoms with Crippen molar-refractivity contribution in [3.63, 3.8) is 0 Å². The first kappa shape index (κ1) is 19.9. The van der Waals surface area contributed by atoms with Gasteiger partial charge in [-0.25, -0.2) is 4.79 Å². The number of carbonyl (C=O) groups is 1. The van der Waals surface area contributed by atoms with Gasteiger partial charge in [0.2, 0.25) is 0 Å². The van der Waals surface area contributed by atoms with Crippen LogP contribution in [0.15, 0.2) is 29.2 Å². The highest BCUT2D eigenvalue weighted by Gasteiger charge is 2.38. The third kappa shape index (κ3) is 5.80. The highest BCUT2D eigenvalue weighted by atomic mass is 32.2. The summed E-state index contributed by atoms with van der Waals surface area (Å²) in [4.78, 5) is 12.6. The number of hydrogen-bond donors (Lipinski definition) is 1. The van der Waals surface area contributed by atoms with Gasteiger partial charge in [0.05, 0.1) is 4.90 Å². The van der Waals surface area contributed by atoms with Crippen LogP contribution >= 0.6 is 0 Å². The summed E-state index contributed by atoms with van der Waals surface area (Å²) < 4.78 is 36.0. The minimum absolute atomic E-state index is 0.0422. The van der Waals surface area contributed by atoms with Gasteiger partial charge in [-0.15, -0.1) is 0 Å². The van der Waals surface area contributed by atoms with E-state index in [1.807, 2.05) is 6.92 Å². The Hall–Kier alpha value is -1.44. The summed E-state index contributed by atoms with van der Waals surface area (Å²) in [6.45, 7) is 8.56. The maximum Gasteiger partial charge on any atom is 0.337 e. The van der Waals surface area contributed by atoms with Gasteiger partial charge in [0.15, 0.2) is 6.10 Å². The van der Waals surface area contributed by atoms with Crippen molar-refractivity contribution in [2.24, 2.45) is 5.92 Å². The predicted octanol–water partition coefficient (Wildman–Crippen LogP) is 2.41. The van der Waals surface area contributed by atoms with E-state index < -0.39 is 27.8 Å². The van der Waals surface area contributed by atoms with Crippen LogP contribution in [0.4, 0.5) is 0 Å². The maximum absolute atomic E-state index is 12.6. The normalized spacial score (nSPS) is 17.9. The van der Waals surface area contributed by atoms with Crippen molar-refractivity contribution in [2.45, 2.75) is 57.1 Å². The first-order chi connectivity index (χ1) is 11.6. The average molecular weight is 369 g/mol. The summed E-state index contributed by atoms with van der Waals surface area (Å²) in [5.74, 6) is -0.827. The van der Waals surface area contributed by atoms with E-state index in [9.17, 15) is 13.2 Å². The van der Waals surface area contributed by atoms with Crippen LogP contribution in [0.25, 0.3) is 0 Å². The van der Waals surface area contributed by atoms with Crippen LogP contribution < -0.4 is 5.32 Å². The summed E-state index contributed by atoms with van der Waals surface area (Å²) >= 11 is 0. The minimum Gasteiger partial charge on any atom is -0.458 e. The fourth-order valence-corrected chi connectivity index (χ4v) is 3.80. The molecule has 0 amide bonds. The van der Waals surface area contributed by atoms with Crippen molar-refractivity contribution >= 4 is 16.1 Å². The van der Waals surface area contributed by atoms with Gasteiger partial charge >= 0.3 is 5.97 Å². The van der Waals surface area contributed by atoms with Gasteiger partial charge in [0.1, 0.15) is 5.60 Å². The lowest BCUT2D eigenvalue weighted by Crippen LogP contribution is -2.43. The molecule has 1 heterocycles. The van der Waals surface area contributed by atoms with Gasteiger partial charge in [-0.1, -0.05) is 17.7 Å². The number of carbonyl (C=O) groups excluding carboxylic acids is 1. The SMILES string of the molecule is Cc1ccc(S(=O)(=O)OC(C(=O)OC(C)(C)C)C2CCNCC2)cc1. The van der Waals surface area contributed by atoms with E-state index in [2.05, 4.69) is 5.32 Å². The van der Waals surface area contributed by atoms with E-state index in [0.717, 1.165) is 18.7 Å². The lowest BCUT2D eigenvalue weighted by atomic mass is 9.92. The summed E-state index contributed by atoms with van der Waals surface area (Å²) in [5.41, 5.74) is 0.236. The molecule has 1 atom stereocenters. The van der Waals surface area contributed by atoms with Gasteiger partial charge < -0.3 is 10.1 Å². The number of esters is 1. The molecule has 6 nitrogen and oxygen atoms in total. The largest absolute Gasteiger partial charge is 0.458 e. The zero-order valence-electron chi connectivity index (χ0n) is 15.2. The third-order valence-corrected chi connectivity index (χ3v) is 5.30. The standard InChI is InChI=1S/C18H27NO5S/c1-13-5-7-15(8-6-13)25(21,22)24-16(14-9-11-19-12-10-14)17(20)23-18(2,3)4/h5-8,14,16,19H,9-12H2,1-4H3. The van der Waals surface area contributed by atoms with Crippen LogP contribution in [-0.4, -0.2) is 39.2 Å². The number of piperidine rings is 1. The molecule has 7 heteroatoms. The van der Waals surface area contributed by atoms with Crippen LogP contribution in [0.1, 0.15) is 39.2 Å². The molecule has 0 saturated carbocycles. The molecule has 140 valence electrons. The number of hydrogen-bond acceptors (Lipinski definition) is 6. The number of aryl methyl sites for hydroxylation is 1. The first-order valence-electron chi connectivity index (χ1n) is 8.52. The summed E-state index contributed by atoms with van der Waals surface area (Å²) in [5, 5.41) is 3.20. The molecule has 0 aliphatic carbocycles. The predicted molar refractivity (Wildman–Crippen MR) is 94.7 cm³/mol. The Labute approximate surface area is 150 Å². The van der Waals surface area contributed by atoms with Crippen LogP contribution in [0.5, 0.6) is 0 Å². The second-order valence-electron chi connectivity index (χ2n) is 7.40. The zero-order valence-corrected chi connectivity index (χ0v) is 16.1. The molecule has 1 aromatic rings. The molecule has 1 saturated heterocycles. The smallest absolute Gasteiger partial charge is 0.337 e. The number of ether oxygens (including phenoxy) is 1. The lowest BCUT2D eigenvalue weighted by molar-refractivity contribution is -0.166. The van der Waals surface area contributed by atoms with Gasteiger partial charge in [0.25, 0.3) is 10.1 Å². The monoisotopic (exact) mass is 369 g/mol. The lowest BCUT2D eigenvalue weighted by Gasteiger charge is -2.31. The van der Waals surface area contributed by atoms with Crippen molar-refractivity contribution < 1.29 is 22.1 Å². The zero-order chi connectivity index (χ0) is 18.7. The molecule has 1 aliphatic rings. The second kappa shape index (κ2) is 7.85. The Morgan fingerprint density at radius 3 is 2.24 bits per heavy atom. The molecular weight excluding hydrogens is 342 g/mol. The molecular formula is C18H27NO5S. The van der Waals surface area contributed by atoms with E-state index >= 15 is 0 Å². The van der Waals surface area contributed by atoms with Crippen molar-refractivity contribution in [2.75, 3.05) is 13.1 Å². The Bertz CT molecular complexity index is 685. The molecule has 1 aromatic carbocycles. The van der Waals surface area contributed by atoms with E-state index in [1.165, 1.54) is 12.1 Å². The number of benzene rings is 1. The van der Waals surface area contributed by atoms with Gasteiger partial charge in [0, 0.05) is 0 Å². The Balaban J connectivity index is 2.25. The van der Waals surface area contributed by atoms with Crippen LogP contribution in [0.3, 0.4) is 0 Å². The maximum atomic E-state index is 12.6. The topological polar surface area (TPSA) is 81.7 Å². The van der Waals surface area contributed by atoms with Crippen molar-refractivity contribution in [3.8, 4) is 0 Å². The Morgan fingerprint density at radius 2 is 1.72 bits per heavy atom.